The van der Waals surface area contributed by atoms with Gasteiger partial charge in [-0.25, -0.2) is 8.42 Å². The van der Waals surface area contributed by atoms with E-state index in [0.29, 0.717) is 0 Å². The maximum absolute atomic E-state index is 11.5. The summed E-state index contributed by atoms with van der Waals surface area (Å²) in [5.74, 6) is -1.40. The molecule has 0 bridgehead atoms. The first kappa shape index (κ1) is 13.6. The van der Waals surface area contributed by atoms with Gasteiger partial charge < -0.3 is 15.9 Å². The van der Waals surface area contributed by atoms with Crippen LogP contribution in [0.25, 0.3) is 0 Å². The lowest BCUT2D eigenvalue weighted by Gasteiger charge is -2.17. The predicted octanol–water partition coefficient (Wildman–Crippen LogP) is -0.465. The van der Waals surface area contributed by atoms with E-state index in [0.717, 1.165) is 6.26 Å². The Kier molecular flexibility index (Phi) is 3.87. The van der Waals surface area contributed by atoms with E-state index in [1.54, 1.807) is 0 Å². The molecule has 0 amide bonds. The maximum Gasteiger partial charge on any atom is 0.323 e. The first-order valence-corrected chi connectivity index (χ1v) is 6.59. The molecule has 0 aliphatic carbocycles. The molecule has 4 N–H and O–H groups in total. The molecule has 7 heteroatoms. The highest BCUT2D eigenvalue weighted by Crippen LogP contribution is 2.24. The van der Waals surface area contributed by atoms with Crippen LogP contribution in [0.1, 0.15) is 11.7 Å². The molecule has 0 saturated carbocycles. The van der Waals surface area contributed by atoms with Crippen molar-refractivity contribution in [2.24, 2.45) is 5.73 Å². The number of rotatable bonds is 4. The van der Waals surface area contributed by atoms with Gasteiger partial charge in [0.25, 0.3) is 0 Å². The Bertz CT molecular complexity index is 525. The van der Waals surface area contributed by atoms with Gasteiger partial charge in [-0.05, 0) is 6.07 Å². The van der Waals surface area contributed by atoms with Gasteiger partial charge in [-0.2, -0.15) is 0 Å². The van der Waals surface area contributed by atoms with Crippen LogP contribution >= 0.6 is 0 Å². The van der Waals surface area contributed by atoms with Gasteiger partial charge in [0.2, 0.25) is 0 Å². The number of aliphatic carboxylic acids is 1. The Balaban J connectivity index is 3.28. The number of aliphatic hydroxyl groups excluding tert-OH is 1. The lowest BCUT2D eigenvalue weighted by molar-refractivity contribution is -0.141. The number of aliphatic hydroxyl groups is 1. The molecule has 6 nitrogen and oxygen atoms in total. The van der Waals surface area contributed by atoms with Crippen molar-refractivity contribution in [3.8, 4) is 0 Å². The Morgan fingerprint density at radius 1 is 1.35 bits per heavy atom. The van der Waals surface area contributed by atoms with Crippen molar-refractivity contribution in [3.63, 3.8) is 0 Å². The third-order valence-corrected chi connectivity index (χ3v) is 3.43. The van der Waals surface area contributed by atoms with Crippen LogP contribution in [0.15, 0.2) is 29.2 Å². The smallest absolute Gasteiger partial charge is 0.323 e. The summed E-state index contributed by atoms with van der Waals surface area (Å²) in [4.78, 5) is 10.5. The first-order chi connectivity index (χ1) is 7.75. The highest BCUT2D eigenvalue weighted by atomic mass is 32.2. The number of sulfone groups is 1. The second-order valence-electron chi connectivity index (χ2n) is 3.62. The fourth-order valence-electron chi connectivity index (χ4n) is 1.39. The lowest BCUT2D eigenvalue weighted by Crippen LogP contribution is -2.37. The molecule has 0 aliphatic heterocycles. The first-order valence-electron chi connectivity index (χ1n) is 4.70. The molecule has 1 rings (SSSR count). The van der Waals surface area contributed by atoms with Crippen LogP contribution in [-0.4, -0.2) is 36.9 Å². The average molecular weight is 259 g/mol. The normalized spacial score (nSPS) is 15.2. The molecule has 0 aromatic heterocycles. The van der Waals surface area contributed by atoms with Gasteiger partial charge in [0.05, 0.1) is 4.90 Å². The zero-order valence-corrected chi connectivity index (χ0v) is 9.89. The topological polar surface area (TPSA) is 118 Å². The van der Waals surface area contributed by atoms with Crippen LogP contribution in [0.2, 0.25) is 0 Å². The number of benzene rings is 1. The predicted molar refractivity (Wildman–Crippen MR) is 60.1 cm³/mol. The van der Waals surface area contributed by atoms with Gasteiger partial charge in [0.15, 0.2) is 9.84 Å². The second-order valence-corrected chi connectivity index (χ2v) is 5.60. The molecule has 0 radical (unpaired) electrons. The van der Waals surface area contributed by atoms with Crippen LogP contribution < -0.4 is 5.73 Å². The Morgan fingerprint density at radius 3 is 2.35 bits per heavy atom. The molecule has 0 saturated heterocycles. The standard InChI is InChI=1S/C10H13NO5S/c1-17(15,16)7-5-3-2-4-6(7)9(12)8(11)10(13)14/h2-5,8-9,12H,11H2,1H3,(H,13,14)/t8-,9?/m0/s1. The van der Waals surface area contributed by atoms with Gasteiger partial charge >= 0.3 is 5.97 Å². The Morgan fingerprint density at radius 2 is 1.88 bits per heavy atom. The molecule has 0 spiro atoms. The molecule has 1 aromatic carbocycles. The summed E-state index contributed by atoms with van der Waals surface area (Å²) in [7, 11) is -3.55. The van der Waals surface area contributed by atoms with E-state index < -0.39 is 28.0 Å². The molecule has 17 heavy (non-hydrogen) atoms. The fraction of sp³-hybridized carbons (Fsp3) is 0.300. The second kappa shape index (κ2) is 4.82. The third kappa shape index (κ3) is 3.02. The Labute approximate surface area is 98.6 Å². The summed E-state index contributed by atoms with van der Waals surface area (Å²) in [6, 6.07) is 4.05. The number of carboxylic acids is 1. The largest absolute Gasteiger partial charge is 0.480 e. The summed E-state index contributed by atoms with van der Waals surface area (Å²) in [5.41, 5.74) is 5.25. The SMILES string of the molecule is CS(=O)(=O)c1ccccc1C(O)[C@H](N)C(=O)O. The number of nitrogens with two attached hydrogens (primary N) is 1. The zero-order chi connectivity index (χ0) is 13.2. The Hall–Kier alpha value is -1.44. The summed E-state index contributed by atoms with van der Waals surface area (Å²) < 4.78 is 22.9. The minimum absolute atomic E-state index is 0.00935. The van der Waals surface area contributed by atoms with Crippen molar-refractivity contribution in [2.75, 3.05) is 6.26 Å². The fourth-order valence-corrected chi connectivity index (χ4v) is 2.33. The number of carbonyl (C=O) groups is 1. The van der Waals surface area contributed by atoms with Crippen LogP contribution in [0.4, 0.5) is 0 Å². The maximum atomic E-state index is 11.5. The monoisotopic (exact) mass is 259 g/mol. The van der Waals surface area contributed by atoms with Gasteiger partial charge in [-0.1, -0.05) is 18.2 Å². The quantitative estimate of drug-likeness (QED) is 0.673. The minimum Gasteiger partial charge on any atom is -0.480 e. The molecule has 0 fully saturated rings. The molecule has 1 aromatic rings. The lowest BCUT2D eigenvalue weighted by atomic mass is 10.0. The molecule has 94 valence electrons. The van der Waals surface area contributed by atoms with Gasteiger partial charge in [-0.15, -0.1) is 0 Å². The summed E-state index contributed by atoms with van der Waals surface area (Å²) in [6.07, 6.45) is -0.594. The van der Waals surface area contributed by atoms with Crippen LogP contribution in [-0.2, 0) is 14.6 Å². The molecule has 2 atom stereocenters. The van der Waals surface area contributed by atoms with Crippen molar-refractivity contribution in [2.45, 2.75) is 17.0 Å². The van der Waals surface area contributed by atoms with Crippen molar-refractivity contribution in [1.82, 2.24) is 0 Å². The van der Waals surface area contributed by atoms with E-state index in [1.165, 1.54) is 24.3 Å². The van der Waals surface area contributed by atoms with E-state index in [4.69, 9.17) is 10.8 Å². The zero-order valence-electron chi connectivity index (χ0n) is 9.07. The molecular formula is C10H13NO5S. The summed E-state index contributed by atoms with van der Waals surface area (Å²) in [5, 5.41) is 18.4. The van der Waals surface area contributed by atoms with Crippen LogP contribution in [0.5, 0.6) is 0 Å². The number of carboxylic acid groups (broad SMARTS) is 1. The van der Waals surface area contributed by atoms with Crippen molar-refractivity contribution >= 4 is 15.8 Å². The van der Waals surface area contributed by atoms with Gasteiger partial charge in [0, 0.05) is 11.8 Å². The van der Waals surface area contributed by atoms with E-state index in [9.17, 15) is 18.3 Å². The van der Waals surface area contributed by atoms with Crippen molar-refractivity contribution in [1.29, 1.82) is 0 Å². The number of hydrogen-bond donors (Lipinski definition) is 3. The third-order valence-electron chi connectivity index (χ3n) is 2.26. The average Bonchev–Trinajstić information content (AvgIpc) is 2.25. The molecule has 0 heterocycles. The molecule has 0 aliphatic rings. The summed E-state index contributed by atoms with van der Waals surface area (Å²) >= 11 is 0. The highest BCUT2D eigenvalue weighted by Gasteiger charge is 2.27. The van der Waals surface area contributed by atoms with Gasteiger partial charge in [0.1, 0.15) is 12.1 Å². The summed E-state index contributed by atoms with van der Waals surface area (Å²) in [6.45, 7) is 0. The van der Waals surface area contributed by atoms with E-state index in [-0.39, 0.29) is 10.5 Å². The van der Waals surface area contributed by atoms with Gasteiger partial charge in [-0.3, -0.25) is 4.79 Å². The highest BCUT2D eigenvalue weighted by molar-refractivity contribution is 7.90. The van der Waals surface area contributed by atoms with E-state index >= 15 is 0 Å². The van der Waals surface area contributed by atoms with E-state index in [2.05, 4.69) is 0 Å². The minimum atomic E-state index is -3.55. The van der Waals surface area contributed by atoms with Crippen molar-refractivity contribution < 1.29 is 23.4 Å². The molecular weight excluding hydrogens is 246 g/mol. The molecule has 1 unspecified atom stereocenters. The van der Waals surface area contributed by atoms with Crippen molar-refractivity contribution in [3.05, 3.63) is 29.8 Å². The van der Waals surface area contributed by atoms with Crippen LogP contribution in [0.3, 0.4) is 0 Å². The van der Waals surface area contributed by atoms with Crippen LogP contribution in [0, 0.1) is 0 Å². The van der Waals surface area contributed by atoms with E-state index in [1.807, 2.05) is 0 Å². The number of hydrogen-bond acceptors (Lipinski definition) is 5.